The molecule has 3 aromatic rings. The van der Waals surface area contributed by atoms with Gasteiger partial charge in [0, 0.05) is 18.3 Å². The van der Waals surface area contributed by atoms with E-state index in [1.807, 2.05) is 4.72 Å². The number of hydrogen-bond donors (Lipinski definition) is 1. The Bertz CT molecular complexity index is 1260. The van der Waals surface area contributed by atoms with E-state index in [1.54, 1.807) is 45.0 Å². The molecule has 172 valence electrons. The predicted octanol–water partition coefficient (Wildman–Crippen LogP) is 4.26. The quantitative estimate of drug-likeness (QED) is 0.549. The van der Waals surface area contributed by atoms with E-state index in [0.717, 1.165) is 5.56 Å². The van der Waals surface area contributed by atoms with E-state index in [-0.39, 0.29) is 10.5 Å². The number of carbonyl (C=O) groups excluding carboxylic acids is 1. The van der Waals surface area contributed by atoms with Crippen LogP contribution in [0.25, 0.3) is 10.9 Å². The molecular formula is C22H23F3N2O4S. The minimum atomic E-state index is -4.85. The predicted molar refractivity (Wildman–Crippen MR) is 114 cm³/mol. The fourth-order valence-corrected chi connectivity index (χ4v) is 5.50. The summed E-state index contributed by atoms with van der Waals surface area (Å²) in [7, 11) is -3.26. The minimum absolute atomic E-state index is 0.164. The molecule has 1 N–H and O–H groups in total. The molecule has 0 spiro atoms. The number of fused-ring (bicyclic) bond motifs is 1. The lowest BCUT2D eigenvalue weighted by atomic mass is 10.1. The number of nitrogens with zero attached hydrogens (tertiary/aromatic N) is 1. The molecule has 1 aromatic heterocycles. The molecule has 10 heteroatoms. The first-order valence-corrected chi connectivity index (χ1v) is 11.2. The Morgan fingerprint density at radius 3 is 2.28 bits per heavy atom. The number of alkyl halides is 3. The van der Waals surface area contributed by atoms with Crippen molar-refractivity contribution in [1.29, 1.82) is 0 Å². The van der Waals surface area contributed by atoms with Crippen LogP contribution in [0, 0.1) is 20.8 Å². The smallest absolute Gasteiger partial charge is 0.406 e. The lowest BCUT2D eigenvalue weighted by Crippen LogP contribution is -2.48. The number of methoxy groups -OCH3 is 1. The molecule has 0 aliphatic rings. The second-order valence-corrected chi connectivity index (χ2v) is 9.33. The molecule has 1 atom stereocenters. The van der Waals surface area contributed by atoms with Crippen molar-refractivity contribution in [2.75, 3.05) is 7.11 Å². The molecule has 1 heterocycles. The highest BCUT2D eigenvalue weighted by atomic mass is 32.2. The van der Waals surface area contributed by atoms with Crippen LogP contribution in [0.15, 0.2) is 47.5 Å². The van der Waals surface area contributed by atoms with Gasteiger partial charge in [-0.25, -0.2) is 13.2 Å². The number of sulfonamides is 1. The average molecular weight is 468 g/mol. The number of aromatic nitrogens is 1. The van der Waals surface area contributed by atoms with Gasteiger partial charge in [-0.15, -0.1) is 0 Å². The van der Waals surface area contributed by atoms with E-state index in [4.69, 9.17) is 0 Å². The zero-order valence-electron chi connectivity index (χ0n) is 17.9. The highest BCUT2D eigenvalue weighted by molar-refractivity contribution is 7.89. The topological polar surface area (TPSA) is 77.4 Å². The molecule has 2 aromatic carbocycles. The highest BCUT2D eigenvalue weighted by Gasteiger charge is 2.43. The molecule has 0 saturated heterocycles. The van der Waals surface area contributed by atoms with Crippen molar-refractivity contribution in [3.05, 3.63) is 64.8 Å². The number of aryl methyl sites for hydroxylation is 3. The van der Waals surface area contributed by atoms with Crippen molar-refractivity contribution in [1.82, 2.24) is 9.29 Å². The summed E-state index contributed by atoms with van der Waals surface area (Å²) in [5, 5.41) is 0.603. The van der Waals surface area contributed by atoms with Gasteiger partial charge in [0.25, 0.3) is 0 Å². The lowest BCUT2D eigenvalue weighted by molar-refractivity contribution is -0.154. The maximum absolute atomic E-state index is 13.9. The SMILES string of the molecule is COC(=O)c1ccc2ccn(CC(NS(=O)(=O)c3c(C)cc(C)cc3C)C(F)(F)F)c2c1. The van der Waals surface area contributed by atoms with Crippen molar-refractivity contribution >= 4 is 26.9 Å². The Morgan fingerprint density at radius 1 is 1.09 bits per heavy atom. The van der Waals surface area contributed by atoms with Crippen molar-refractivity contribution in [3.63, 3.8) is 0 Å². The summed E-state index contributed by atoms with van der Waals surface area (Å²) in [5.41, 5.74) is 2.07. The zero-order chi connectivity index (χ0) is 23.8. The molecule has 6 nitrogen and oxygen atoms in total. The summed E-state index contributed by atoms with van der Waals surface area (Å²) < 4.78 is 75.2. The maximum atomic E-state index is 13.9. The van der Waals surface area contributed by atoms with Crippen LogP contribution in [-0.4, -0.2) is 38.3 Å². The van der Waals surface area contributed by atoms with E-state index < -0.39 is 34.8 Å². The molecule has 0 fully saturated rings. The van der Waals surface area contributed by atoms with Gasteiger partial charge in [-0.2, -0.15) is 17.9 Å². The number of hydrogen-bond acceptors (Lipinski definition) is 4. The number of halogens is 3. The second kappa shape index (κ2) is 8.59. The van der Waals surface area contributed by atoms with Crippen LogP contribution in [0.5, 0.6) is 0 Å². The first kappa shape index (κ1) is 23.8. The Kier molecular flexibility index (Phi) is 6.39. The summed E-state index contributed by atoms with van der Waals surface area (Å²) in [4.78, 5) is 11.6. The van der Waals surface area contributed by atoms with Crippen molar-refractivity contribution in [2.24, 2.45) is 0 Å². The number of rotatable bonds is 6. The van der Waals surface area contributed by atoms with E-state index in [9.17, 15) is 26.4 Å². The van der Waals surface area contributed by atoms with Gasteiger partial charge in [-0.3, -0.25) is 0 Å². The van der Waals surface area contributed by atoms with E-state index in [0.29, 0.717) is 22.0 Å². The number of esters is 1. The van der Waals surface area contributed by atoms with Gasteiger partial charge in [0.15, 0.2) is 0 Å². The second-order valence-electron chi connectivity index (χ2n) is 7.68. The molecule has 1 unspecified atom stereocenters. The van der Waals surface area contributed by atoms with E-state index in [1.165, 1.54) is 30.0 Å². The van der Waals surface area contributed by atoms with Gasteiger partial charge < -0.3 is 9.30 Å². The standard InChI is InChI=1S/C22H23F3N2O4S/c1-13-9-14(2)20(15(3)10-13)32(29,30)26-19(22(23,24)25)12-27-8-7-16-5-6-17(11-18(16)27)21(28)31-4/h5-11,19,26H,12H2,1-4H3. The summed E-state index contributed by atoms with van der Waals surface area (Å²) in [6.45, 7) is 4.17. The van der Waals surface area contributed by atoms with Crippen LogP contribution >= 0.6 is 0 Å². The van der Waals surface area contributed by atoms with Crippen LogP contribution in [0.2, 0.25) is 0 Å². The molecule has 32 heavy (non-hydrogen) atoms. The minimum Gasteiger partial charge on any atom is -0.465 e. The van der Waals surface area contributed by atoms with Gasteiger partial charge in [-0.1, -0.05) is 23.8 Å². The van der Waals surface area contributed by atoms with Gasteiger partial charge >= 0.3 is 12.1 Å². The Morgan fingerprint density at radius 2 is 1.72 bits per heavy atom. The van der Waals surface area contributed by atoms with E-state index in [2.05, 4.69) is 4.74 Å². The molecule has 0 aliphatic heterocycles. The number of nitrogens with one attached hydrogen (secondary N) is 1. The van der Waals surface area contributed by atoms with Crippen LogP contribution in [-0.2, 0) is 21.3 Å². The normalized spacial score (nSPS) is 13.3. The van der Waals surface area contributed by atoms with Gasteiger partial charge in [0.2, 0.25) is 10.0 Å². The van der Waals surface area contributed by atoms with Crippen LogP contribution < -0.4 is 4.72 Å². The molecular weight excluding hydrogens is 445 g/mol. The molecule has 0 aliphatic carbocycles. The summed E-state index contributed by atoms with van der Waals surface area (Å²) in [5.74, 6) is -0.627. The van der Waals surface area contributed by atoms with Crippen molar-refractivity contribution in [2.45, 2.75) is 44.4 Å². The van der Waals surface area contributed by atoms with Gasteiger partial charge in [0.05, 0.1) is 17.6 Å². The third-order valence-electron chi connectivity index (χ3n) is 5.14. The van der Waals surface area contributed by atoms with Crippen LogP contribution in [0.3, 0.4) is 0 Å². The van der Waals surface area contributed by atoms with Gasteiger partial charge in [-0.05, 0) is 55.5 Å². The third-order valence-corrected chi connectivity index (χ3v) is 6.92. The first-order chi connectivity index (χ1) is 14.8. The molecule has 0 saturated carbocycles. The largest absolute Gasteiger partial charge is 0.465 e. The van der Waals surface area contributed by atoms with Crippen LogP contribution in [0.1, 0.15) is 27.0 Å². The highest BCUT2D eigenvalue weighted by Crippen LogP contribution is 2.28. The fraction of sp³-hybridized carbons (Fsp3) is 0.318. The third kappa shape index (κ3) is 4.81. The summed E-state index contributed by atoms with van der Waals surface area (Å²) in [6.07, 6.45) is -3.43. The number of benzene rings is 2. The average Bonchev–Trinajstić information content (AvgIpc) is 3.07. The number of ether oxygens (including phenoxy) is 1. The molecule has 0 bridgehead atoms. The Balaban J connectivity index is 2.00. The molecule has 0 amide bonds. The summed E-state index contributed by atoms with van der Waals surface area (Å²) in [6, 6.07) is 6.93. The van der Waals surface area contributed by atoms with Crippen LogP contribution in [0.4, 0.5) is 13.2 Å². The van der Waals surface area contributed by atoms with E-state index >= 15 is 0 Å². The first-order valence-electron chi connectivity index (χ1n) is 9.67. The zero-order valence-corrected chi connectivity index (χ0v) is 18.8. The van der Waals surface area contributed by atoms with Crippen molar-refractivity contribution < 1.29 is 31.1 Å². The lowest BCUT2D eigenvalue weighted by Gasteiger charge is -2.24. The fourth-order valence-electron chi connectivity index (χ4n) is 3.83. The summed E-state index contributed by atoms with van der Waals surface area (Å²) >= 11 is 0. The maximum Gasteiger partial charge on any atom is 0.406 e. The Hall–Kier alpha value is -2.85. The Labute approximate surface area is 184 Å². The molecule has 0 radical (unpaired) electrons. The monoisotopic (exact) mass is 468 g/mol. The van der Waals surface area contributed by atoms with Gasteiger partial charge in [0.1, 0.15) is 6.04 Å². The molecule has 3 rings (SSSR count). The number of carbonyl (C=O) groups is 1. The van der Waals surface area contributed by atoms with Crippen molar-refractivity contribution in [3.8, 4) is 0 Å².